The molecule has 7 nitrogen and oxygen atoms in total. The number of carbonyl (C=O) groups is 3. The summed E-state index contributed by atoms with van der Waals surface area (Å²) in [6.45, 7) is 10.6. The van der Waals surface area contributed by atoms with Gasteiger partial charge in [0.25, 0.3) is 0 Å². The van der Waals surface area contributed by atoms with Crippen molar-refractivity contribution in [1.82, 2.24) is 5.32 Å². The maximum atomic E-state index is 11.9. The summed E-state index contributed by atoms with van der Waals surface area (Å²) >= 11 is 1.15. The minimum Gasteiger partial charge on any atom is -0.464 e. The number of thioether (sulfide) groups is 1. The normalized spacial score (nSPS) is 12.0. The molecule has 0 bridgehead atoms. The largest absolute Gasteiger partial charge is 0.464 e. The van der Waals surface area contributed by atoms with Crippen molar-refractivity contribution in [3.8, 4) is 0 Å². The van der Waals surface area contributed by atoms with E-state index in [9.17, 15) is 14.4 Å². The van der Waals surface area contributed by atoms with Gasteiger partial charge in [0.2, 0.25) is 0 Å². The summed E-state index contributed by atoms with van der Waals surface area (Å²) in [5.74, 6) is -0.777. The Labute approximate surface area is 141 Å². The van der Waals surface area contributed by atoms with Crippen LogP contribution in [-0.2, 0) is 23.8 Å². The first-order chi connectivity index (χ1) is 10.7. The van der Waals surface area contributed by atoms with Crippen LogP contribution in [0.5, 0.6) is 0 Å². The molecule has 8 heteroatoms. The molecule has 0 rings (SSSR count). The molecular weight excluding hydrogens is 322 g/mol. The Morgan fingerprint density at radius 2 is 1.91 bits per heavy atom. The smallest absolute Gasteiger partial charge is 0.408 e. The van der Waals surface area contributed by atoms with E-state index in [1.807, 2.05) is 0 Å². The molecule has 0 heterocycles. The van der Waals surface area contributed by atoms with Gasteiger partial charge in [-0.15, -0.1) is 11.8 Å². The van der Waals surface area contributed by atoms with Crippen molar-refractivity contribution in [3.05, 3.63) is 12.7 Å². The molecule has 0 fully saturated rings. The van der Waals surface area contributed by atoms with Crippen molar-refractivity contribution in [2.45, 2.75) is 39.3 Å². The van der Waals surface area contributed by atoms with Crippen LogP contribution in [0, 0.1) is 0 Å². The Kier molecular flexibility index (Phi) is 10.1. The molecule has 0 radical (unpaired) electrons. The number of esters is 2. The van der Waals surface area contributed by atoms with Crippen molar-refractivity contribution >= 4 is 29.8 Å². The van der Waals surface area contributed by atoms with Gasteiger partial charge in [-0.25, -0.2) is 9.59 Å². The second-order valence-electron chi connectivity index (χ2n) is 5.44. The zero-order valence-electron chi connectivity index (χ0n) is 14.0. The van der Waals surface area contributed by atoms with Gasteiger partial charge in [-0.3, -0.25) is 4.79 Å². The lowest BCUT2D eigenvalue weighted by atomic mass is 10.2. The number of hydrogen-bond donors (Lipinski definition) is 1. The van der Waals surface area contributed by atoms with E-state index in [2.05, 4.69) is 11.9 Å². The Morgan fingerprint density at radius 1 is 1.26 bits per heavy atom. The second-order valence-corrected chi connectivity index (χ2v) is 6.47. The van der Waals surface area contributed by atoms with Crippen molar-refractivity contribution < 1.29 is 28.6 Å². The average Bonchev–Trinajstić information content (AvgIpc) is 2.42. The molecule has 132 valence electrons. The average molecular weight is 347 g/mol. The van der Waals surface area contributed by atoms with Crippen molar-refractivity contribution in [1.29, 1.82) is 0 Å². The molecule has 0 aliphatic carbocycles. The van der Waals surface area contributed by atoms with Crippen LogP contribution in [-0.4, -0.2) is 54.4 Å². The van der Waals surface area contributed by atoms with Crippen molar-refractivity contribution in [2.24, 2.45) is 0 Å². The lowest BCUT2D eigenvalue weighted by Crippen LogP contribution is -2.45. The Morgan fingerprint density at radius 3 is 2.43 bits per heavy atom. The topological polar surface area (TPSA) is 90.9 Å². The van der Waals surface area contributed by atoms with Crippen LogP contribution in [0.3, 0.4) is 0 Å². The maximum Gasteiger partial charge on any atom is 0.408 e. The van der Waals surface area contributed by atoms with Gasteiger partial charge in [-0.05, 0) is 27.7 Å². The van der Waals surface area contributed by atoms with E-state index in [1.165, 1.54) is 6.08 Å². The van der Waals surface area contributed by atoms with Gasteiger partial charge in [-0.2, -0.15) is 0 Å². The predicted octanol–water partition coefficient (Wildman–Crippen LogP) is 1.91. The highest BCUT2D eigenvalue weighted by Crippen LogP contribution is 2.09. The number of carbonyl (C=O) groups excluding carboxylic acids is 3. The van der Waals surface area contributed by atoms with Gasteiger partial charge in [-0.1, -0.05) is 12.7 Å². The van der Waals surface area contributed by atoms with Crippen molar-refractivity contribution in [3.63, 3.8) is 0 Å². The summed E-state index contributed by atoms with van der Waals surface area (Å²) in [6, 6.07) is -0.901. The van der Waals surface area contributed by atoms with E-state index in [-0.39, 0.29) is 24.7 Å². The van der Waals surface area contributed by atoms with Gasteiger partial charge in [0, 0.05) is 5.75 Å². The van der Waals surface area contributed by atoms with Crippen LogP contribution >= 0.6 is 11.8 Å². The molecule has 0 aromatic rings. The molecule has 1 atom stereocenters. The monoisotopic (exact) mass is 347 g/mol. The Hall–Kier alpha value is -1.70. The van der Waals surface area contributed by atoms with Gasteiger partial charge < -0.3 is 19.5 Å². The molecule has 23 heavy (non-hydrogen) atoms. The number of ether oxygens (including phenoxy) is 3. The van der Waals surface area contributed by atoms with Gasteiger partial charge in [0.1, 0.15) is 18.2 Å². The van der Waals surface area contributed by atoms with E-state index in [0.29, 0.717) is 0 Å². The van der Waals surface area contributed by atoms with E-state index < -0.39 is 29.7 Å². The number of nitrogens with one attached hydrogen (secondary N) is 1. The molecule has 1 N–H and O–H groups in total. The standard InChI is InChI=1S/C15H25NO6S/c1-6-8-21-12(17)10-23-9-11(13(18)20-7-2)16-14(19)22-15(3,4)5/h6,11H,1,7-10H2,2-5H3,(H,16,19)/t11-/m1/s1. The number of rotatable bonds is 9. The van der Waals surface area contributed by atoms with Crippen LogP contribution in [0.25, 0.3) is 0 Å². The number of hydrogen-bond acceptors (Lipinski definition) is 7. The van der Waals surface area contributed by atoms with Crippen LogP contribution in [0.15, 0.2) is 12.7 Å². The molecule has 0 aromatic heterocycles. The number of amides is 1. The summed E-state index contributed by atoms with van der Waals surface area (Å²) in [6.07, 6.45) is 0.749. The summed E-state index contributed by atoms with van der Waals surface area (Å²) < 4.78 is 14.8. The van der Waals surface area contributed by atoms with Gasteiger partial charge >= 0.3 is 18.0 Å². The summed E-state index contributed by atoms with van der Waals surface area (Å²) in [5, 5.41) is 2.45. The molecule has 0 aromatic carbocycles. The van der Waals surface area contributed by atoms with E-state index in [1.54, 1.807) is 27.7 Å². The summed E-state index contributed by atoms with van der Waals surface area (Å²) in [4.78, 5) is 35.0. The third kappa shape index (κ3) is 11.5. The molecule has 0 saturated heterocycles. The first-order valence-electron chi connectivity index (χ1n) is 7.20. The molecule has 0 aliphatic heterocycles. The highest BCUT2D eigenvalue weighted by molar-refractivity contribution is 8.00. The van der Waals surface area contributed by atoms with E-state index in [4.69, 9.17) is 14.2 Å². The molecule has 0 unspecified atom stereocenters. The Balaban J connectivity index is 4.46. The summed E-state index contributed by atoms with van der Waals surface area (Å²) in [7, 11) is 0. The summed E-state index contributed by atoms with van der Waals surface area (Å²) in [5.41, 5.74) is -0.676. The lowest BCUT2D eigenvalue weighted by molar-refractivity contribution is -0.145. The minimum absolute atomic E-state index is 0.0553. The van der Waals surface area contributed by atoms with Crippen LogP contribution in [0.1, 0.15) is 27.7 Å². The fraction of sp³-hybridized carbons (Fsp3) is 0.667. The second kappa shape index (κ2) is 10.9. The third-order valence-electron chi connectivity index (χ3n) is 2.13. The predicted molar refractivity (Wildman–Crippen MR) is 88.3 cm³/mol. The zero-order valence-corrected chi connectivity index (χ0v) is 14.9. The Bertz CT molecular complexity index is 419. The fourth-order valence-corrected chi connectivity index (χ4v) is 2.14. The quantitative estimate of drug-likeness (QED) is 0.387. The van der Waals surface area contributed by atoms with Crippen LogP contribution < -0.4 is 5.32 Å². The lowest BCUT2D eigenvalue weighted by Gasteiger charge is -2.22. The zero-order chi connectivity index (χ0) is 17.9. The van der Waals surface area contributed by atoms with E-state index >= 15 is 0 Å². The van der Waals surface area contributed by atoms with Crippen molar-refractivity contribution in [2.75, 3.05) is 24.7 Å². The molecule has 0 saturated carbocycles. The molecule has 0 aliphatic rings. The third-order valence-corrected chi connectivity index (χ3v) is 3.14. The van der Waals surface area contributed by atoms with Crippen LogP contribution in [0.2, 0.25) is 0 Å². The SMILES string of the molecule is C=CCOC(=O)CSC[C@@H](NC(=O)OC(C)(C)C)C(=O)OCC. The molecule has 1 amide bonds. The fourth-order valence-electron chi connectivity index (χ4n) is 1.31. The number of alkyl carbamates (subject to hydrolysis) is 1. The van der Waals surface area contributed by atoms with Crippen LogP contribution in [0.4, 0.5) is 4.79 Å². The maximum absolute atomic E-state index is 11.9. The van der Waals surface area contributed by atoms with Gasteiger partial charge in [0.15, 0.2) is 0 Å². The molecular formula is C15H25NO6S. The van der Waals surface area contributed by atoms with Gasteiger partial charge in [0.05, 0.1) is 12.4 Å². The van der Waals surface area contributed by atoms with E-state index in [0.717, 1.165) is 11.8 Å². The first-order valence-corrected chi connectivity index (χ1v) is 8.35. The molecule has 0 spiro atoms. The first kappa shape index (κ1) is 21.3. The highest BCUT2D eigenvalue weighted by atomic mass is 32.2. The minimum atomic E-state index is -0.901. The highest BCUT2D eigenvalue weighted by Gasteiger charge is 2.25.